The van der Waals surface area contributed by atoms with Gasteiger partial charge in [0.15, 0.2) is 0 Å². The number of hydrogen-bond acceptors (Lipinski definition) is 5. The molecule has 0 aliphatic carbocycles. The van der Waals surface area contributed by atoms with Crippen molar-refractivity contribution in [1.82, 2.24) is 9.97 Å². The molecule has 0 fully saturated rings. The van der Waals surface area contributed by atoms with Crippen LogP contribution in [0.1, 0.15) is 39.9 Å². The van der Waals surface area contributed by atoms with Crippen LogP contribution in [-0.2, 0) is 5.41 Å². The van der Waals surface area contributed by atoms with Crippen molar-refractivity contribution in [2.24, 2.45) is 0 Å². The van der Waals surface area contributed by atoms with Gasteiger partial charge in [0.2, 0.25) is 0 Å². The molecule has 4 nitrogen and oxygen atoms in total. The zero-order chi connectivity index (χ0) is 13.6. The molecule has 1 rings (SSSR count). The van der Waals surface area contributed by atoms with Gasteiger partial charge in [-0.3, -0.25) is 0 Å². The number of aromatic nitrogens is 2. The molecule has 102 valence electrons. The van der Waals surface area contributed by atoms with Crippen LogP contribution in [0.2, 0.25) is 0 Å². The van der Waals surface area contributed by atoms with E-state index in [4.69, 9.17) is 5.11 Å². The Kier molecular flexibility index (Phi) is 5.88. The Bertz CT molecular complexity index is 351. The van der Waals surface area contributed by atoms with E-state index in [1.54, 1.807) is 11.8 Å². The molecule has 1 heterocycles. The molecule has 0 aliphatic heterocycles. The summed E-state index contributed by atoms with van der Waals surface area (Å²) in [5.74, 6) is 2.37. The summed E-state index contributed by atoms with van der Waals surface area (Å²) in [5.41, 5.74) is -0.0710. The topological polar surface area (TPSA) is 58.0 Å². The van der Waals surface area contributed by atoms with Gasteiger partial charge < -0.3 is 10.4 Å². The lowest BCUT2D eigenvalue weighted by Crippen LogP contribution is -2.18. The van der Waals surface area contributed by atoms with Crippen LogP contribution in [-0.4, -0.2) is 34.0 Å². The second-order valence-electron chi connectivity index (χ2n) is 5.16. The van der Waals surface area contributed by atoms with E-state index >= 15 is 0 Å². The number of nitrogens with one attached hydrogen (secondary N) is 1. The van der Waals surface area contributed by atoms with Gasteiger partial charge in [0.25, 0.3) is 0 Å². The first-order valence-corrected chi connectivity index (χ1v) is 7.33. The Morgan fingerprint density at radius 1 is 1.33 bits per heavy atom. The molecule has 0 aliphatic rings. The predicted molar refractivity (Wildman–Crippen MR) is 77.3 cm³/mol. The van der Waals surface area contributed by atoms with Gasteiger partial charge in [-0.05, 0) is 6.42 Å². The van der Waals surface area contributed by atoms with Crippen LogP contribution in [0.15, 0.2) is 11.1 Å². The second kappa shape index (κ2) is 6.95. The lowest BCUT2D eigenvalue weighted by molar-refractivity contribution is 0.322. The van der Waals surface area contributed by atoms with Gasteiger partial charge in [0.1, 0.15) is 16.7 Å². The number of aliphatic hydroxyl groups excluding tert-OH is 1. The number of anilines is 1. The van der Waals surface area contributed by atoms with E-state index in [2.05, 4.69) is 43.0 Å². The lowest BCUT2D eigenvalue weighted by Gasteiger charge is -2.18. The van der Waals surface area contributed by atoms with Crippen LogP contribution in [0.25, 0.3) is 0 Å². The Morgan fingerprint density at radius 3 is 2.61 bits per heavy atom. The Labute approximate surface area is 114 Å². The summed E-state index contributed by atoms with van der Waals surface area (Å²) in [7, 11) is 0. The summed E-state index contributed by atoms with van der Waals surface area (Å²) in [6.07, 6.45) is 1.06. The van der Waals surface area contributed by atoms with Gasteiger partial charge >= 0.3 is 0 Å². The molecule has 0 amide bonds. The molecule has 1 aromatic rings. The lowest BCUT2D eigenvalue weighted by atomic mass is 9.96. The van der Waals surface area contributed by atoms with Gasteiger partial charge in [0.05, 0.1) is 6.61 Å². The molecule has 1 aromatic heterocycles. The minimum absolute atomic E-state index is 0.0710. The first-order valence-electron chi connectivity index (χ1n) is 6.34. The summed E-state index contributed by atoms with van der Waals surface area (Å²) < 4.78 is 0. The van der Waals surface area contributed by atoms with Crippen molar-refractivity contribution in [2.75, 3.05) is 24.2 Å². The smallest absolute Gasteiger partial charge is 0.137 e. The SMILES string of the molecule is CCCNc1cc(SCCO)nc(C(C)(C)C)n1. The number of thioether (sulfide) groups is 1. The van der Waals surface area contributed by atoms with Crippen molar-refractivity contribution >= 4 is 17.6 Å². The van der Waals surface area contributed by atoms with Crippen molar-refractivity contribution < 1.29 is 5.11 Å². The summed E-state index contributed by atoms with van der Waals surface area (Å²) in [6, 6.07) is 1.95. The van der Waals surface area contributed by atoms with Gasteiger partial charge in [-0.2, -0.15) is 0 Å². The average molecular weight is 269 g/mol. The summed E-state index contributed by atoms with van der Waals surface area (Å²) in [4.78, 5) is 9.10. The highest BCUT2D eigenvalue weighted by molar-refractivity contribution is 7.99. The van der Waals surface area contributed by atoms with Crippen LogP contribution in [0.5, 0.6) is 0 Å². The molecular weight excluding hydrogens is 246 g/mol. The molecular formula is C13H23N3OS. The summed E-state index contributed by atoms with van der Waals surface area (Å²) in [5, 5.41) is 13.1. The molecule has 0 atom stereocenters. The Hall–Kier alpha value is -0.810. The Morgan fingerprint density at radius 2 is 2.06 bits per heavy atom. The van der Waals surface area contributed by atoms with Crippen molar-refractivity contribution in [3.05, 3.63) is 11.9 Å². The maximum Gasteiger partial charge on any atom is 0.137 e. The standard InChI is InChI=1S/C13H23N3OS/c1-5-6-14-10-9-11(18-8-7-17)16-12(15-10)13(2,3)4/h9,17H,5-8H2,1-4H3,(H,14,15,16). The summed E-state index contributed by atoms with van der Waals surface area (Å²) >= 11 is 1.56. The highest BCUT2D eigenvalue weighted by Crippen LogP contribution is 2.24. The first-order chi connectivity index (χ1) is 8.47. The normalized spacial score (nSPS) is 11.6. The molecule has 18 heavy (non-hydrogen) atoms. The van der Waals surface area contributed by atoms with Crippen molar-refractivity contribution in [1.29, 1.82) is 0 Å². The van der Waals surface area contributed by atoms with Crippen molar-refractivity contribution in [3.8, 4) is 0 Å². The zero-order valence-corrected chi connectivity index (χ0v) is 12.5. The van der Waals surface area contributed by atoms with Gasteiger partial charge in [0, 0.05) is 23.8 Å². The van der Waals surface area contributed by atoms with Gasteiger partial charge in [-0.1, -0.05) is 27.7 Å². The van der Waals surface area contributed by atoms with Crippen molar-refractivity contribution in [2.45, 2.75) is 44.6 Å². The Balaban J connectivity index is 2.96. The third-order valence-corrected chi connectivity index (χ3v) is 3.16. The first kappa shape index (κ1) is 15.2. The van der Waals surface area contributed by atoms with E-state index in [0.29, 0.717) is 5.75 Å². The fraction of sp³-hybridized carbons (Fsp3) is 0.692. The molecule has 0 saturated carbocycles. The second-order valence-corrected chi connectivity index (χ2v) is 6.28. The minimum atomic E-state index is -0.0710. The van der Waals surface area contributed by atoms with E-state index in [1.807, 2.05) is 6.07 Å². The van der Waals surface area contributed by atoms with Gasteiger partial charge in [-0.25, -0.2) is 9.97 Å². The zero-order valence-electron chi connectivity index (χ0n) is 11.7. The summed E-state index contributed by atoms with van der Waals surface area (Å²) in [6.45, 7) is 9.51. The fourth-order valence-electron chi connectivity index (χ4n) is 1.33. The molecule has 5 heteroatoms. The molecule has 0 bridgehead atoms. The highest BCUT2D eigenvalue weighted by atomic mass is 32.2. The van der Waals surface area contributed by atoms with Crippen LogP contribution >= 0.6 is 11.8 Å². The van der Waals surface area contributed by atoms with E-state index in [-0.39, 0.29) is 12.0 Å². The number of rotatable bonds is 6. The average Bonchev–Trinajstić information content (AvgIpc) is 2.32. The molecule has 0 radical (unpaired) electrons. The van der Waals surface area contributed by atoms with Crippen LogP contribution in [0, 0.1) is 0 Å². The molecule has 0 saturated heterocycles. The third kappa shape index (κ3) is 4.82. The van der Waals surface area contributed by atoms with Crippen molar-refractivity contribution in [3.63, 3.8) is 0 Å². The van der Waals surface area contributed by atoms with Crippen LogP contribution in [0.3, 0.4) is 0 Å². The highest BCUT2D eigenvalue weighted by Gasteiger charge is 2.19. The van der Waals surface area contributed by atoms with E-state index in [9.17, 15) is 0 Å². The predicted octanol–water partition coefficient (Wildman–Crippen LogP) is 2.68. The molecule has 0 unspecified atom stereocenters. The quantitative estimate of drug-likeness (QED) is 0.614. The van der Waals surface area contributed by atoms with Crippen LogP contribution in [0.4, 0.5) is 5.82 Å². The molecule has 2 N–H and O–H groups in total. The number of hydrogen-bond donors (Lipinski definition) is 2. The maximum atomic E-state index is 8.89. The van der Waals surface area contributed by atoms with E-state index < -0.39 is 0 Å². The number of nitrogens with zero attached hydrogens (tertiary/aromatic N) is 2. The largest absolute Gasteiger partial charge is 0.396 e. The minimum Gasteiger partial charge on any atom is -0.396 e. The maximum absolute atomic E-state index is 8.89. The monoisotopic (exact) mass is 269 g/mol. The molecule has 0 aromatic carbocycles. The fourth-order valence-corrected chi connectivity index (χ4v) is 1.97. The van der Waals surface area contributed by atoms with E-state index in [1.165, 1.54) is 0 Å². The molecule has 0 spiro atoms. The number of aliphatic hydroxyl groups is 1. The van der Waals surface area contributed by atoms with Crippen LogP contribution < -0.4 is 5.32 Å². The van der Waals surface area contributed by atoms with E-state index in [0.717, 1.165) is 29.6 Å². The third-order valence-electron chi connectivity index (χ3n) is 2.27. The van der Waals surface area contributed by atoms with Gasteiger partial charge in [-0.15, -0.1) is 11.8 Å².